The number of carboxylic acids is 1. The lowest BCUT2D eigenvalue weighted by atomic mass is 10.1. The second-order valence-electron chi connectivity index (χ2n) is 4.42. The number of hydrogen-bond acceptors (Lipinski definition) is 7. The number of hydrogen-bond donors (Lipinski definition) is 2. The molecule has 1 saturated heterocycles. The molecule has 6 nitrogen and oxygen atoms in total. The van der Waals surface area contributed by atoms with Gasteiger partial charge in [-0.25, -0.2) is 4.79 Å². The van der Waals surface area contributed by atoms with Gasteiger partial charge in [-0.1, -0.05) is 11.8 Å². The minimum absolute atomic E-state index is 0.175. The monoisotopic (exact) mass is 369 g/mol. The number of carboxylic acid groups (broad SMARTS) is 1. The predicted molar refractivity (Wildman–Crippen MR) is 81.1 cm³/mol. The van der Waals surface area contributed by atoms with E-state index in [9.17, 15) is 18.0 Å². The van der Waals surface area contributed by atoms with Gasteiger partial charge in [-0.15, -0.1) is 0 Å². The maximum absolute atomic E-state index is 11.1. The number of carbonyl (C=O) groups is 2. The van der Waals surface area contributed by atoms with Crippen LogP contribution in [0.25, 0.3) is 6.08 Å². The Bertz CT molecular complexity index is 562. The van der Waals surface area contributed by atoms with Crippen LogP contribution in [0.2, 0.25) is 0 Å². The van der Waals surface area contributed by atoms with Crippen LogP contribution in [0.3, 0.4) is 0 Å². The van der Waals surface area contributed by atoms with Gasteiger partial charge in [-0.2, -0.15) is 21.9 Å². The maximum Gasteiger partial charge on any atom is 0.490 e. The van der Waals surface area contributed by atoms with E-state index in [2.05, 4.69) is 14.1 Å². The molecular formula is C12H14F3N3O3S2. The third kappa shape index (κ3) is 7.57. The SMILES string of the molecule is CC(=O)SC1CCNC/C1=C\c1cnsn1.O=C(O)C(F)(F)F. The zero-order valence-electron chi connectivity index (χ0n) is 12.0. The summed E-state index contributed by atoms with van der Waals surface area (Å²) < 4.78 is 39.9. The largest absolute Gasteiger partial charge is 0.490 e. The van der Waals surface area contributed by atoms with Gasteiger partial charge < -0.3 is 10.4 Å². The van der Waals surface area contributed by atoms with Crippen molar-refractivity contribution in [2.24, 2.45) is 0 Å². The van der Waals surface area contributed by atoms with Gasteiger partial charge in [0.2, 0.25) is 0 Å². The van der Waals surface area contributed by atoms with Gasteiger partial charge in [0.15, 0.2) is 5.12 Å². The summed E-state index contributed by atoms with van der Waals surface area (Å²) in [4.78, 5) is 20.0. The minimum Gasteiger partial charge on any atom is -0.475 e. The number of piperidine rings is 1. The fourth-order valence-corrected chi connectivity index (χ4v) is 3.00. The predicted octanol–water partition coefficient (Wildman–Crippen LogP) is 2.20. The lowest BCUT2D eigenvalue weighted by Crippen LogP contribution is -2.32. The summed E-state index contributed by atoms with van der Waals surface area (Å²) in [6.45, 7) is 3.43. The molecule has 0 radical (unpaired) electrons. The molecule has 1 unspecified atom stereocenters. The Hall–Kier alpha value is -1.46. The van der Waals surface area contributed by atoms with E-state index in [0.717, 1.165) is 25.2 Å². The first kappa shape index (κ1) is 19.6. The number of nitrogens with one attached hydrogen (secondary N) is 1. The summed E-state index contributed by atoms with van der Waals surface area (Å²) in [6.07, 6.45) is -0.300. The molecule has 2 rings (SSSR count). The molecule has 0 aromatic carbocycles. The first-order chi connectivity index (χ1) is 10.7. The zero-order chi connectivity index (χ0) is 17.5. The molecule has 2 heterocycles. The van der Waals surface area contributed by atoms with Crippen LogP contribution in [0.5, 0.6) is 0 Å². The van der Waals surface area contributed by atoms with Gasteiger partial charge in [-0.3, -0.25) is 4.79 Å². The number of halogens is 3. The summed E-state index contributed by atoms with van der Waals surface area (Å²) in [5.74, 6) is -2.76. The first-order valence-electron chi connectivity index (χ1n) is 6.36. The molecular weight excluding hydrogens is 355 g/mol. The molecule has 1 aromatic rings. The fourth-order valence-electron chi connectivity index (χ4n) is 1.67. The van der Waals surface area contributed by atoms with Gasteiger partial charge in [0.05, 0.1) is 23.6 Å². The van der Waals surface area contributed by atoms with E-state index >= 15 is 0 Å². The van der Waals surface area contributed by atoms with Crippen molar-refractivity contribution in [1.82, 2.24) is 14.1 Å². The van der Waals surface area contributed by atoms with Gasteiger partial charge >= 0.3 is 12.1 Å². The van der Waals surface area contributed by atoms with Crippen LogP contribution in [0, 0.1) is 0 Å². The van der Waals surface area contributed by atoms with Gasteiger partial charge in [0, 0.05) is 18.7 Å². The summed E-state index contributed by atoms with van der Waals surface area (Å²) >= 11 is 2.62. The average molecular weight is 369 g/mol. The van der Waals surface area contributed by atoms with Crippen LogP contribution in [0.4, 0.5) is 13.2 Å². The number of aromatic nitrogens is 2. The Kier molecular flexibility index (Phi) is 7.65. The molecule has 0 aliphatic carbocycles. The van der Waals surface area contributed by atoms with Crippen molar-refractivity contribution in [3.05, 3.63) is 17.5 Å². The van der Waals surface area contributed by atoms with Crippen molar-refractivity contribution in [2.45, 2.75) is 24.8 Å². The molecule has 1 aliphatic heterocycles. The number of thioether (sulfide) groups is 1. The normalized spacial score (nSPS) is 19.8. The van der Waals surface area contributed by atoms with Gasteiger partial charge in [0.25, 0.3) is 0 Å². The number of rotatable bonds is 2. The molecule has 0 bridgehead atoms. The van der Waals surface area contributed by atoms with Crippen LogP contribution >= 0.6 is 23.5 Å². The lowest BCUT2D eigenvalue weighted by Gasteiger charge is -2.24. The number of nitrogens with zero attached hydrogens (tertiary/aromatic N) is 2. The number of aliphatic carboxylic acids is 1. The Labute approximate surface area is 138 Å². The second-order valence-corrected chi connectivity index (χ2v) is 6.35. The third-order valence-corrected chi connectivity index (χ3v) is 4.24. The molecule has 0 amide bonds. The molecule has 1 aromatic heterocycles. The highest BCUT2D eigenvalue weighted by molar-refractivity contribution is 8.14. The average Bonchev–Trinajstić information content (AvgIpc) is 2.93. The van der Waals surface area contributed by atoms with E-state index in [1.807, 2.05) is 6.08 Å². The van der Waals surface area contributed by atoms with Crippen molar-refractivity contribution in [3.63, 3.8) is 0 Å². The smallest absolute Gasteiger partial charge is 0.475 e. The molecule has 2 N–H and O–H groups in total. The lowest BCUT2D eigenvalue weighted by molar-refractivity contribution is -0.192. The van der Waals surface area contributed by atoms with Crippen LogP contribution in [-0.4, -0.2) is 49.5 Å². The van der Waals surface area contributed by atoms with Gasteiger partial charge in [0.1, 0.15) is 0 Å². The summed E-state index contributed by atoms with van der Waals surface area (Å²) in [5.41, 5.74) is 2.12. The van der Waals surface area contributed by atoms with Crippen molar-refractivity contribution in [2.75, 3.05) is 13.1 Å². The maximum atomic E-state index is 11.1. The fraction of sp³-hybridized carbons (Fsp3) is 0.500. The Morgan fingerprint density at radius 1 is 1.52 bits per heavy atom. The molecule has 128 valence electrons. The van der Waals surface area contributed by atoms with Gasteiger partial charge in [-0.05, 0) is 24.6 Å². The van der Waals surface area contributed by atoms with E-state index in [4.69, 9.17) is 9.90 Å². The van der Waals surface area contributed by atoms with Crippen LogP contribution < -0.4 is 5.32 Å². The molecule has 1 fully saturated rings. The van der Waals surface area contributed by atoms with Crippen molar-refractivity contribution in [1.29, 1.82) is 0 Å². The van der Waals surface area contributed by atoms with E-state index in [-0.39, 0.29) is 5.12 Å². The van der Waals surface area contributed by atoms with Crippen LogP contribution in [-0.2, 0) is 9.59 Å². The summed E-state index contributed by atoms with van der Waals surface area (Å²) in [7, 11) is 0. The third-order valence-electron chi connectivity index (χ3n) is 2.59. The van der Waals surface area contributed by atoms with Crippen molar-refractivity contribution < 1.29 is 27.9 Å². The standard InChI is InChI=1S/C10H13N3OS2.C2HF3O2/c1-7(14)15-10-2-3-11-5-8(10)4-9-6-12-16-13-9;3-2(4,5)1(6)7/h4,6,10-11H,2-3,5H2,1H3;(H,6,7)/b8-4+;. The van der Waals surface area contributed by atoms with Crippen LogP contribution in [0.15, 0.2) is 11.8 Å². The summed E-state index contributed by atoms with van der Waals surface area (Å²) in [5, 5.41) is 10.9. The highest BCUT2D eigenvalue weighted by Crippen LogP contribution is 2.26. The molecule has 0 saturated carbocycles. The van der Waals surface area contributed by atoms with E-state index in [1.165, 1.54) is 29.1 Å². The van der Waals surface area contributed by atoms with E-state index in [1.54, 1.807) is 13.1 Å². The summed E-state index contributed by atoms with van der Waals surface area (Å²) in [6, 6.07) is 0. The minimum atomic E-state index is -5.08. The van der Waals surface area contributed by atoms with Crippen molar-refractivity contribution >= 4 is 40.7 Å². The Morgan fingerprint density at radius 3 is 2.65 bits per heavy atom. The highest BCUT2D eigenvalue weighted by Gasteiger charge is 2.38. The Balaban J connectivity index is 0.000000322. The zero-order valence-corrected chi connectivity index (χ0v) is 13.6. The van der Waals surface area contributed by atoms with E-state index in [0.29, 0.717) is 5.25 Å². The molecule has 1 aliphatic rings. The topological polar surface area (TPSA) is 92.2 Å². The highest BCUT2D eigenvalue weighted by atomic mass is 32.2. The molecule has 11 heteroatoms. The Morgan fingerprint density at radius 2 is 2.17 bits per heavy atom. The van der Waals surface area contributed by atoms with Crippen molar-refractivity contribution in [3.8, 4) is 0 Å². The van der Waals surface area contributed by atoms with E-state index < -0.39 is 12.1 Å². The quantitative estimate of drug-likeness (QED) is 0.826. The number of carbonyl (C=O) groups excluding carboxylic acids is 1. The number of alkyl halides is 3. The first-order valence-corrected chi connectivity index (χ1v) is 7.97. The molecule has 1 atom stereocenters. The van der Waals surface area contributed by atoms with Crippen LogP contribution in [0.1, 0.15) is 19.0 Å². The molecule has 23 heavy (non-hydrogen) atoms. The second kappa shape index (κ2) is 8.99. The molecule has 0 spiro atoms.